The lowest BCUT2D eigenvalue weighted by Crippen LogP contribution is -2.12. The van der Waals surface area contributed by atoms with Gasteiger partial charge in [0, 0.05) is 12.3 Å². The number of hydrogen-bond acceptors (Lipinski definition) is 5. The van der Waals surface area contributed by atoms with E-state index in [2.05, 4.69) is 21.6 Å². The third-order valence-corrected chi connectivity index (χ3v) is 2.29. The van der Waals surface area contributed by atoms with Crippen LogP contribution in [0.1, 0.15) is 6.92 Å². The van der Waals surface area contributed by atoms with Crippen molar-refractivity contribution in [1.82, 2.24) is 20.2 Å². The van der Waals surface area contributed by atoms with Crippen molar-refractivity contribution in [2.75, 3.05) is 12.3 Å². The van der Waals surface area contributed by atoms with Gasteiger partial charge in [-0.05, 0) is 17.4 Å². The maximum absolute atomic E-state index is 5.40. The van der Waals surface area contributed by atoms with E-state index < -0.39 is 0 Å². The number of nitrogens with two attached hydrogens (primary N) is 1. The molecule has 0 bridgehead atoms. The monoisotopic (exact) mass is 199 g/mol. The van der Waals surface area contributed by atoms with Gasteiger partial charge in [-0.1, -0.05) is 23.9 Å². The largest absolute Gasteiger partial charge is 0.329 e. The molecule has 2 N–H and O–H groups in total. The summed E-state index contributed by atoms with van der Waals surface area (Å²) in [4.78, 5) is 0. The molecule has 72 valence electrons. The third-order valence-electron chi connectivity index (χ3n) is 1.38. The number of hydrogen-bond donors (Lipinski definition) is 1. The summed E-state index contributed by atoms with van der Waals surface area (Å²) in [5.74, 6) is 0.890. The second-order valence-electron chi connectivity index (χ2n) is 2.35. The van der Waals surface area contributed by atoms with Crippen LogP contribution in [0.3, 0.4) is 0 Å². The van der Waals surface area contributed by atoms with Gasteiger partial charge in [-0.2, -0.15) is 0 Å². The van der Waals surface area contributed by atoms with Gasteiger partial charge in [0.1, 0.15) is 0 Å². The standard InChI is InChI=1S/C7H13N5S/c1-2-3-6-13-7-9-10-11-12(7)5-4-8/h2-3H,4-6,8H2,1H3. The molecule has 0 fully saturated rings. The molecule has 0 spiro atoms. The van der Waals surface area contributed by atoms with Crippen LogP contribution in [0.15, 0.2) is 17.3 Å². The average Bonchev–Trinajstić information content (AvgIpc) is 2.54. The van der Waals surface area contributed by atoms with Crippen molar-refractivity contribution in [2.45, 2.75) is 18.6 Å². The van der Waals surface area contributed by atoms with Gasteiger partial charge in [0.25, 0.3) is 0 Å². The minimum atomic E-state index is 0.558. The van der Waals surface area contributed by atoms with Crippen LogP contribution in [0.25, 0.3) is 0 Å². The first-order valence-corrected chi connectivity index (χ1v) is 5.07. The van der Waals surface area contributed by atoms with Gasteiger partial charge >= 0.3 is 0 Å². The second kappa shape index (κ2) is 5.71. The lowest BCUT2D eigenvalue weighted by Gasteiger charge is -1.99. The van der Waals surface area contributed by atoms with E-state index >= 15 is 0 Å². The van der Waals surface area contributed by atoms with Crippen LogP contribution in [0.5, 0.6) is 0 Å². The molecular formula is C7H13N5S. The Balaban J connectivity index is 2.49. The summed E-state index contributed by atoms with van der Waals surface area (Å²) in [7, 11) is 0. The molecule has 0 aromatic carbocycles. The first kappa shape index (κ1) is 10.2. The number of thioether (sulfide) groups is 1. The summed E-state index contributed by atoms with van der Waals surface area (Å²) in [5.41, 5.74) is 5.40. The topological polar surface area (TPSA) is 69.6 Å². The predicted octanol–water partition coefficient (Wildman–Crippen LogP) is 0.300. The summed E-state index contributed by atoms with van der Waals surface area (Å²) >= 11 is 1.60. The molecule has 0 atom stereocenters. The van der Waals surface area contributed by atoms with Gasteiger partial charge in [-0.25, -0.2) is 4.68 Å². The zero-order chi connectivity index (χ0) is 9.52. The lowest BCUT2D eigenvalue weighted by molar-refractivity contribution is 0.557. The minimum absolute atomic E-state index is 0.558. The van der Waals surface area contributed by atoms with Gasteiger partial charge in [-0.15, -0.1) is 5.10 Å². The van der Waals surface area contributed by atoms with E-state index in [0.717, 1.165) is 10.9 Å². The second-order valence-corrected chi connectivity index (χ2v) is 3.34. The fourth-order valence-electron chi connectivity index (χ4n) is 0.781. The number of rotatable bonds is 5. The summed E-state index contributed by atoms with van der Waals surface area (Å²) in [6, 6.07) is 0. The molecule has 0 amide bonds. The van der Waals surface area contributed by atoms with Gasteiger partial charge in [0.2, 0.25) is 5.16 Å². The number of nitrogens with zero attached hydrogens (tertiary/aromatic N) is 4. The molecule has 1 heterocycles. The van der Waals surface area contributed by atoms with Crippen molar-refractivity contribution >= 4 is 11.8 Å². The van der Waals surface area contributed by atoms with Gasteiger partial charge in [0.15, 0.2) is 0 Å². The van der Waals surface area contributed by atoms with Crippen molar-refractivity contribution in [3.8, 4) is 0 Å². The molecule has 0 saturated heterocycles. The molecule has 6 heteroatoms. The number of allylic oxidation sites excluding steroid dienone is 1. The van der Waals surface area contributed by atoms with Crippen LogP contribution >= 0.6 is 11.8 Å². The first-order valence-electron chi connectivity index (χ1n) is 4.08. The predicted molar refractivity (Wildman–Crippen MR) is 52.4 cm³/mol. The zero-order valence-electron chi connectivity index (χ0n) is 7.55. The van der Waals surface area contributed by atoms with Gasteiger partial charge < -0.3 is 5.73 Å². The highest BCUT2D eigenvalue weighted by molar-refractivity contribution is 7.99. The van der Waals surface area contributed by atoms with E-state index in [4.69, 9.17) is 5.73 Å². The van der Waals surface area contributed by atoms with E-state index in [1.165, 1.54) is 0 Å². The number of tetrazole rings is 1. The first-order chi connectivity index (χ1) is 6.38. The molecule has 0 aliphatic heterocycles. The fourth-order valence-corrected chi connectivity index (χ4v) is 1.59. The van der Waals surface area contributed by atoms with Crippen molar-refractivity contribution < 1.29 is 0 Å². The molecule has 5 nitrogen and oxygen atoms in total. The Morgan fingerprint density at radius 3 is 3.15 bits per heavy atom. The molecule has 1 aromatic heterocycles. The summed E-state index contributed by atoms with van der Waals surface area (Å²) in [6.07, 6.45) is 4.07. The highest BCUT2D eigenvalue weighted by Gasteiger charge is 2.03. The molecule has 1 aromatic rings. The molecule has 0 saturated carbocycles. The van der Waals surface area contributed by atoms with Gasteiger partial charge in [0.05, 0.1) is 6.54 Å². The molecule has 0 aliphatic rings. The minimum Gasteiger partial charge on any atom is -0.329 e. The molecular weight excluding hydrogens is 186 g/mol. The molecule has 0 unspecified atom stereocenters. The third kappa shape index (κ3) is 3.16. The SMILES string of the molecule is CC=CCSc1nnnn1CCN. The summed E-state index contributed by atoms with van der Waals surface area (Å²) < 4.78 is 1.72. The number of aromatic nitrogens is 4. The Kier molecular flexibility index (Phi) is 4.48. The molecule has 13 heavy (non-hydrogen) atoms. The van der Waals surface area contributed by atoms with Gasteiger partial charge in [-0.3, -0.25) is 0 Å². The Labute approximate surface area is 81.4 Å². The quantitative estimate of drug-likeness (QED) is 0.545. The summed E-state index contributed by atoms with van der Waals surface area (Å²) in [5, 5.41) is 12.1. The maximum Gasteiger partial charge on any atom is 0.209 e. The Hall–Kier alpha value is -0.880. The lowest BCUT2D eigenvalue weighted by atomic mass is 10.6. The van der Waals surface area contributed by atoms with Crippen molar-refractivity contribution in [3.63, 3.8) is 0 Å². The highest BCUT2D eigenvalue weighted by Crippen LogP contribution is 2.12. The summed E-state index contributed by atoms with van der Waals surface area (Å²) in [6.45, 7) is 3.22. The van der Waals surface area contributed by atoms with Crippen LogP contribution in [0.2, 0.25) is 0 Å². The maximum atomic E-state index is 5.40. The van der Waals surface area contributed by atoms with E-state index in [1.807, 2.05) is 13.0 Å². The van der Waals surface area contributed by atoms with E-state index in [0.29, 0.717) is 13.1 Å². The van der Waals surface area contributed by atoms with Crippen LogP contribution in [-0.2, 0) is 6.54 Å². The molecule has 0 aliphatic carbocycles. The Bertz CT molecular complexity index is 270. The highest BCUT2D eigenvalue weighted by atomic mass is 32.2. The molecule has 0 radical (unpaired) electrons. The van der Waals surface area contributed by atoms with Crippen LogP contribution < -0.4 is 5.73 Å². The van der Waals surface area contributed by atoms with E-state index in [9.17, 15) is 0 Å². The van der Waals surface area contributed by atoms with Crippen LogP contribution in [-0.4, -0.2) is 32.5 Å². The van der Waals surface area contributed by atoms with Crippen molar-refractivity contribution in [3.05, 3.63) is 12.2 Å². The average molecular weight is 199 g/mol. The van der Waals surface area contributed by atoms with Crippen molar-refractivity contribution in [1.29, 1.82) is 0 Å². The normalized spacial score (nSPS) is 11.2. The Morgan fingerprint density at radius 1 is 1.62 bits per heavy atom. The fraction of sp³-hybridized carbons (Fsp3) is 0.571. The van der Waals surface area contributed by atoms with Crippen LogP contribution in [0.4, 0.5) is 0 Å². The molecule has 1 rings (SSSR count). The van der Waals surface area contributed by atoms with Crippen LogP contribution in [0, 0.1) is 0 Å². The van der Waals surface area contributed by atoms with Crippen molar-refractivity contribution in [2.24, 2.45) is 5.73 Å². The zero-order valence-corrected chi connectivity index (χ0v) is 8.37. The van der Waals surface area contributed by atoms with E-state index in [-0.39, 0.29) is 0 Å². The van der Waals surface area contributed by atoms with E-state index in [1.54, 1.807) is 16.4 Å². The smallest absolute Gasteiger partial charge is 0.209 e. The Morgan fingerprint density at radius 2 is 2.46 bits per heavy atom.